The molecule has 0 amide bonds. The highest BCUT2D eigenvalue weighted by molar-refractivity contribution is 7.90. The van der Waals surface area contributed by atoms with Crippen LogP contribution < -0.4 is 0 Å². The monoisotopic (exact) mass is 266 g/mol. The Balaban J connectivity index is 2.62. The van der Waals surface area contributed by atoms with Gasteiger partial charge in [0.05, 0.1) is 4.90 Å². The Kier molecular flexibility index (Phi) is 3.13. The number of carbonyl (C=O) groups is 1. The fraction of sp³-hybridized carbons (Fsp3) is 0.0833. The van der Waals surface area contributed by atoms with E-state index in [2.05, 4.69) is 0 Å². The van der Waals surface area contributed by atoms with Gasteiger partial charge in [0, 0.05) is 11.8 Å². The predicted octanol–water partition coefficient (Wildman–Crippen LogP) is 2.63. The molecule has 1 heterocycles. The van der Waals surface area contributed by atoms with Crippen molar-refractivity contribution in [3.8, 4) is 11.1 Å². The second-order valence-corrected chi connectivity index (χ2v) is 6.45. The molecule has 17 heavy (non-hydrogen) atoms. The molecule has 5 heteroatoms. The van der Waals surface area contributed by atoms with E-state index in [4.69, 9.17) is 0 Å². The van der Waals surface area contributed by atoms with Gasteiger partial charge in [-0.3, -0.25) is 4.79 Å². The molecule has 0 bridgehead atoms. The molecule has 0 saturated carbocycles. The Morgan fingerprint density at radius 1 is 1.24 bits per heavy atom. The van der Waals surface area contributed by atoms with Crippen LogP contribution in [-0.4, -0.2) is 21.0 Å². The lowest BCUT2D eigenvalue weighted by atomic mass is 10.0. The summed E-state index contributed by atoms with van der Waals surface area (Å²) < 4.78 is 22.8. The number of hydrogen-bond acceptors (Lipinski definition) is 4. The van der Waals surface area contributed by atoms with Crippen molar-refractivity contribution in [1.29, 1.82) is 0 Å². The summed E-state index contributed by atoms with van der Waals surface area (Å²) in [5, 5.41) is 3.83. The van der Waals surface area contributed by atoms with E-state index >= 15 is 0 Å². The molecule has 0 N–H and O–H groups in total. The summed E-state index contributed by atoms with van der Waals surface area (Å²) in [5.74, 6) is 0. The molecule has 1 aromatic carbocycles. The zero-order valence-corrected chi connectivity index (χ0v) is 10.7. The summed E-state index contributed by atoms with van der Waals surface area (Å²) in [4.78, 5) is 11.2. The van der Waals surface area contributed by atoms with Crippen molar-refractivity contribution in [1.82, 2.24) is 0 Å². The number of carbonyl (C=O) groups excluding carboxylic acids is 1. The van der Waals surface area contributed by atoms with Crippen molar-refractivity contribution in [2.75, 3.05) is 6.26 Å². The summed E-state index contributed by atoms with van der Waals surface area (Å²) in [6.45, 7) is 0. The van der Waals surface area contributed by atoms with Crippen LogP contribution in [0.2, 0.25) is 0 Å². The van der Waals surface area contributed by atoms with Crippen molar-refractivity contribution in [3.05, 3.63) is 40.6 Å². The van der Waals surface area contributed by atoms with Crippen molar-refractivity contribution in [3.63, 3.8) is 0 Å². The van der Waals surface area contributed by atoms with E-state index in [9.17, 15) is 13.2 Å². The van der Waals surface area contributed by atoms with Crippen LogP contribution in [0.5, 0.6) is 0 Å². The maximum atomic E-state index is 11.4. The van der Waals surface area contributed by atoms with Gasteiger partial charge < -0.3 is 0 Å². The third kappa shape index (κ3) is 2.45. The SMILES string of the molecule is CS(=O)(=O)c1ccc(-c2ccsc2)c(C=O)c1. The Morgan fingerprint density at radius 3 is 2.53 bits per heavy atom. The number of sulfone groups is 1. The van der Waals surface area contributed by atoms with Crippen LogP contribution in [-0.2, 0) is 9.84 Å². The maximum Gasteiger partial charge on any atom is 0.175 e. The summed E-state index contributed by atoms with van der Waals surface area (Å²) in [5.41, 5.74) is 2.08. The molecule has 0 saturated heterocycles. The van der Waals surface area contributed by atoms with Gasteiger partial charge in [0.2, 0.25) is 0 Å². The number of hydrogen-bond donors (Lipinski definition) is 0. The summed E-state index contributed by atoms with van der Waals surface area (Å²) >= 11 is 1.53. The fourth-order valence-electron chi connectivity index (χ4n) is 1.55. The number of rotatable bonds is 3. The van der Waals surface area contributed by atoms with Gasteiger partial charge >= 0.3 is 0 Å². The molecule has 1 aromatic heterocycles. The molecule has 0 aliphatic rings. The van der Waals surface area contributed by atoms with Crippen molar-refractivity contribution in [2.45, 2.75) is 4.90 Å². The standard InChI is InChI=1S/C12H10O3S2/c1-17(14,15)11-2-3-12(10(6-11)7-13)9-4-5-16-8-9/h2-8H,1H3. The molecule has 0 unspecified atom stereocenters. The number of aldehydes is 1. The van der Waals surface area contributed by atoms with E-state index in [0.717, 1.165) is 17.4 Å². The normalized spacial score (nSPS) is 11.4. The molecule has 0 spiro atoms. The zero-order chi connectivity index (χ0) is 12.5. The summed E-state index contributed by atoms with van der Waals surface area (Å²) in [6.07, 6.45) is 1.81. The minimum Gasteiger partial charge on any atom is -0.298 e. The van der Waals surface area contributed by atoms with Crippen molar-refractivity contribution < 1.29 is 13.2 Å². The van der Waals surface area contributed by atoms with E-state index in [0.29, 0.717) is 11.8 Å². The Bertz CT molecular complexity index is 640. The molecule has 0 radical (unpaired) electrons. The molecule has 0 fully saturated rings. The lowest BCUT2D eigenvalue weighted by Gasteiger charge is -2.05. The third-order valence-corrected chi connectivity index (χ3v) is 4.20. The quantitative estimate of drug-likeness (QED) is 0.802. The van der Waals surface area contributed by atoms with Crippen LogP contribution in [0, 0.1) is 0 Å². The van der Waals surface area contributed by atoms with E-state index in [1.165, 1.54) is 23.5 Å². The minimum absolute atomic E-state index is 0.165. The molecule has 0 atom stereocenters. The van der Waals surface area contributed by atoms with Gasteiger partial charge in [-0.2, -0.15) is 11.3 Å². The fourth-order valence-corrected chi connectivity index (χ4v) is 2.86. The third-order valence-electron chi connectivity index (χ3n) is 2.41. The average Bonchev–Trinajstić information content (AvgIpc) is 2.80. The second-order valence-electron chi connectivity index (χ2n) is 3.65. The number of benzene rings is 1. The highest BCUT2D eigenvalue weighted by Gasteiger charge is 2.11. The summed E-state index contributed by atoms with van der Waals surface area (Å²) in [7, 11) is -3.28. The van der Waals surface area contributed by atoms with Crippen LogP contribution >= 0.6 is 11.3 Å². The first-order valence-electron chi connectivity index (χ1n) is 4.84. The van der Waals surface area contributed by atoms with Crippen molar-refractivity contribution in [2.24, 2.45) is 0 Å². The lowest BCUT2D eigenvalue weighted by Crippen LogP contribution is -1.99. The number of thiophene rings is 1. The van der Waals surface area contributed by atoms with E-state index in [1.54, 1.807) is 6.07 Å². The second kappa shape index (κ2) is 4.43. The molecular weight excluding hydrogens is 256 g/mol. The summed E-state index contributed by atoms with van der Waals surface area (Å²) in [6, 6.07) is 6.50. The first-order chi connectivity index (χ1) is 8.02. The minimum atomic E-state index is -3.28. The molecule has 2 rings (SSSR count). The van der Waals surface area contributed by atoms with E-state index < -0.39 is 9.84 Å². The average molecular weight is 266 g/mol. The molecular formula is C12H10O3S2. The van der Waals surface area contributed by atoms with Gasteiger partial charge in [0.1, 0.15) is 0 Å². The smallest absolute Gasteiger partial charge is 0.175 e. The predicted molar refractivity (Wildman–Crippen MR) is 68.3 cm³/mol. The van der Waals surface area contributed by atoms with Crippen LogP contribution in [0.1, 0.15) is 10.4 Å². The van der Waals surface area contributed by atoms with Crippen LogP contribution in [0.25, 0.3) is 11.1 Å². The topological polar surface area (TPSA) is 51.2 Å². The van der Waals surface area contributed by atoms with Crippen LogP contribution in [0.4, 0.5) is 0 Å². The van der Waals surface area contributed by atoms with Gasteiger partial charge in [-0.25, -0.2) is 8.42 Å². The van der Waals surface area contributed by atoms with Gasteiger partial charge in [-0.05, 0) is 40.1 Å². The zero-order valence-electron chi connectivity index (χ0n) is 9.08. The largest absolute Gasteiger partial charge is 0.298 e. The highest BCUT2D eigenvalue weighted by atomic mass is 32.2. The Morgan fingerprint density at radius 2 is 2.00 bits per heavy atom. The first kappa shape index (κ1) is 12.0. The molecule has 0 aliphatic heterocycles. The first-order valence-corrected chi connectivity index (χ1v) is 7.67. The lowest BCUT2D eigenvalue weighted by molar-refractivity contribution is 0.112. The Labute approximate surface area is 104 Å². The van der Waals surface area contributed by atoms with Gasteiger partial charge in [0.15, 0.2) is 16.1 Å². The highest BCUT2D eigenvalue weighted by Crippen LogP contribution is 2.27. The molecule has 2 aromatic rings. The van der Waals surface area contributed by atoms with Gasteiger partial charge in [0.25, 0.3) is 0 Å². The van der Waals surface area contributed by atoms with E-state index in [-0.39, 0.29) is 4.90 Å². The van der Waals surface area contributed by atoms with Gasteiger partial charge in [-0.1, -0.05) is 6.07 Å². The van der Waals surface area contributed by atoms with Crippen molar-refractivity contribution >= 4 is 27.5 Å². The molecule has 0 aliphatic carbocycles. The molecule has 88 valence electrons. The van der Waals surface area contributed by atoms with Crippen LogP contribution in [0.15, 0.2) is 39.9 Å². The molecule has 3 nitrogen and oxygen atoms in total. The van der Waals surface area contributed by atoms with Gasteiger partial charge in [-0.15, -0.1) is 0 Å². The van der Waals surface area contributed by atoms with Crippen LogP contribution in [0.3, 0.4) is 0 Å². The Hall–Kier alpha value is -1.46. The van der Waals surface area contributed by atoms with E-state index in [1.807, 2.05) is 16.8 Å². The maximum absolute atomic E-state index is 11.4.